The van der Waals surface area contributed by atoms with Crippen LogP contribution in [0.5, 0.6) is 0 Å². The Bertz CT molecular complexity index is 1240. The third-order valence-corrected chi connectivity index (χ3v) is 5.43. The fourth-order valence-corrected chi connectivity index (χ4v) is 3.18. The van der Waals surface area contributed by atoms with Gasteiger partial charge in [0.25, 0.3) is 11.5 Å². The van der Waals surface area contributed by atoms with Gasteiger partial charge < -0.3 is 5.32 Å². The first kappa shape index (κ1) is 19.6. The van der Waals surface area contributed by atoms with E-state index in [2.05, 4.69) is 15.3 Å². The van der Waals surface area contributed by atoms with Crippen molar-refractivity contribution in [2.45, 2.75) is 0 Å². The fourth-order valence-electron chi connectivity index (χ4n) is 2.36. The molecule has 0 fully saturated rings. The number of amides is 1. The third kappa shape index (κ3) is 3.29. The number of carbonyl (C=O) groups excluding carboxylic acids is 1. The van der Waals surface area contributed by atoms with Gasteiger partial charge in [-0.3, -0.25) is 18.7 Å². The van der Waals surface area contributed by atoms with Crippen LogP contribution in [0, 0.1) is 0 Å². The Balaban J connectivity index is 2.07. The molecule has 3 rings (SSSR count). The number of anilines is 1. The molecular formula is C15H9Cl4N5O3. The predicted molar refractivity (Wildman–Crippen MR) is 104 cm³/mol. The van der Waals surface area contributed by atoms with Gasteiger partial charge in [0.05, 0.1) is 32.3 Å². The summed E-state index contributed by atoms with van der Waals surface area (Å²) in [4.78, 5) is 44.6. The van der Waals surface area contributed by atoms with Gasteiger partial charge in [-0.1, -0.05) is 46.4 Å². The van der Waals surface area contributed by atoms with Crippen LogP contribution in [0.2, 0.25) is 20.2 Å². The van der Waals surface area contributed by atoms with Crippen molar-refractivity contribution in [1.82, 2.24) is 19.1 Å². The molecule has 27 heavy (non-hydrogen) atoms. The second-order valence-electron chi connectivity index (χ2n) is 5.45. The van der Waals surface area contributed by atoms with Crippen molar-refractivity contribution in [1.29, 1.82) is 0 Å². The van der Waals surface area contributed by atoms with Crippen molar-refractivity contribution >= 4 is 69.0 Å². The van der Waals surface area contributed by atoms with E-state index in [0.29, 0.717) is 0 Å². The molecule has 1 N–H and O–H groups in total. The Kier molecular flexibility index (Phi) is 5.18. The maximum absolute atomic E-state index is 12.5. The normalized spacial score (nSPS) is 11.0. The summed E-state index contributed by atoms with van der Waals surface area (Å²) in [5, 5.41) is 2.11. The van der Waals surface area contributed by atoms with Gasteiger partial charge in [-0.05, 0) is 6.07 Å². The zero-order chi connectivity index (χ0) is 20.0. The quantitative estimate of drug-likeness (QED) is 0.607. The number of aryl methyl sites for hydroxylation is 1. The summed E-state index contributed by atoms with van der Waals surface area (Å²) in [7, 11) is 2.83. The molecule has 0 saturated carbocycles. The highest BCUT2D eigenvalue weighted by Crippen LogP contribution is 2.36. The van der Waals surface area contributed by atoms with Crippen LogP contribution < -0.4 is 16.6 Å². The average molecular weight is 449 g/mol. The molecule has 3 aromatic heterocycles. The van der Waals surface area contributed by atoms with Crippen molar-refractivity contribution in [3.05, 3.63) is 59.0 Å². The van der Waals surface area contributed by atoms with Gasteiger partial charge in [0.15, 0.2) is 0 Å². The zero-order valence-electron chi connectivity index (χ0n) is 13.7. The van der Waals surface area contributed by atoms with Crippen molar-refractivity contribution in [3.8, 4) is 0 Å². The number of fused-ring (bicyclic) bond motifs is 1. The number of carbonyl (C=O) groups is 1. The summed E-state index contributed by atoms with van der Waals surface area (Å²) in [5.74, 6) is -0.733. The molecule has 0 atom stereocenters. The summed E-state index contributed by atoms with van der Waals surface area (Å²) in [5.41, 5.74) is -0.952. The van der Waals surface area contributed by atoms with Crippen LogP contribution in [0.25, 0.3) is 11.0 Å². The maximum atomic E-state index is 12.5. The first-order chi connectivity index (χ1) is 12.6. The van der Waals surface area contributed by atoms with Crippen LogP contribution in [-0.4, -0.2) is 25.0 Å². The molecule has 0 saturated heterocycles. The van der Waals surface area contributed by atoms with E-state index in [4.69, 9.17) is 46.4 Å². The highest BCUT2D eigenvalue weighted by atomic mass is 35.5. The Labute approximate surface area is 171 Å². The van der Waals surface area contributed by atoms with E-state index in [1.165, 1.54) is 30.9 Å². The van der Waals surface area contributed by atoms with Gasteiger partial charge in [-0.2, -0.15) is 0 Å². The number of nitrogens with zero attached hydrogens (tertiary/aromatic N) is 4. The fraction of sp³-hybridized carbons (Fsp3) is 0.133. The van der Waals surface area contributed by atoms with Crippen molar-refractivity contribution < 1.29 is 4.79 Å². The smallest absolute Gasteiger partial charge is 0.319 e. The second kappa shape index (κ2) is 7.12. The first-order valence-corrected chi connectivity index (χ1v) is 8.71. The van der Waals surface area contributed by atoms with Crippen LogP contribution in [-0.2, 0) is 14.1 Å². The van der Waals surface area contributed by atoms with E-state index >= 15 is 0 Å². The first-order valence-electron chi connectivity index (χ1n) is 7.20. The van der Waals surface area contributed by atoms with Gasteiger partial charge in [-0.25, -0.2) is 14.8 Å². The van der Waals surface area contributed by atoms with Gasteiger partial charge in [0, 0.05) is 14.1 Å². The highest BCUT2D eigenvalue weighted by molar-refractivity contribution is 6.52. The van der Waals surface area contributed by atoms with Crippen molar-refractivity contribution in [2.24, 2.45) is 14.1 Å². The summed E-state index contributed by atoms with van der Waals surface area (Å²) < 4.78 is 2.16. The molecule has 3 heterocycles. The highest BCUT2D eigenvalue weighted by Gasteiger charge is 2.21. The van der Waals surface area contributed by atoms with Gasteiger partial charge in [0.1, 0.15) is 16.5 Å². The zero-order valence-corrected chi connectivity index (χ0v) is 16.7. The molecule has 12 heteroatoms. The molecular weight excluding hydrogens is 440 g/mol. The molecule has 140 valence electrons. The lowest BCUT2D eigenvalue weighted by Crippen LogP contribution is -2.37. The Morgan fingerprint density at radius 2 is 1.70 bits per heavy atom. The van der Waals surface area contributed by atoms with Crippen LogP contribution >= 0.6 is 46.4 Å². The molecule has 8 nitrogen and oxygen atoms in total. The molecule has 0 radical (unpaired) electrons. The third-order valence-electron chi connectivity index (χ3n) is 3.75. The number of rotatable bonds is 2. The predicted octanol–water partition coefficient (Wildman–Crippen LogP) is 2.89. The molecule has 0 bridgehead atoms. The van der Waals surface area contributed by atoms with Crippen molar-refractivity contribution in [3.63, 3.8) is 0 Å². The van der Waals surface area contributed by atoms with Crippen LogP contribution in [0.1, 0.15) is 10.5 Å². The van der Waals surface area contributed by atoms with Crippen LogP contribution in [0.15, 0.2) is 21.9 Å². The lowest BCUT2D eigenvalue weighted by molar-refractivity contribution is 0.102. The summed E-state index contributed by atoms with van der Waals surface area (Å²) in [6.07, 6.45) is 1.28. The number of hydrogen-bond acceptors (Lipinski definition) is 5. The number of halogens is 4. The molecule has 0 aromatic carbocycles. The monoisotopic (exact) mass is 447 g/mol. The molecule has 3 aromatic rings. The number of hydrogen-bond donors (Lipinski definition) is 1. The Morgan fingerprint density at radius 3 is 2.37 bits per heavy atom. The van der Waals surface area contributed by atoms with E-state index in [0.717, 1.165) is 4.57 Å². The second-order valence-corrected chi connectivity index (χ2v) is 6.94. The molecule has 0 spiro atoms. The van der Waals surface area contributed by atoms with Crippen LogP contribution in [0.3, 0.4) is 0 Å². The van der Waals surface area contributed by atoms with Crippen LogP contribution in [0.4, 0.5) is 5.69 Å². The van der Waals surface area contributed by atoms with Crippen molar-refractivity contribution in [2.75, 3.05) is 5.32 Å². The number of nitrogens with one attached hydrogen (secondary N) is 1. The number of pyridine rings is 2. The summed E-state index contributed by atoms with van der Waals surface area (Å²) in [6, 6.07) is 1.38. The summed E-state index contributed by atoms with van der Waals surface area (Å²) in [6.45, 7) is 0. The Morgan fingerprint density at radius 1 is 1.04 bits per heavy atom. The van der Waals surface area contributed by atoms with E-state index < -0.39 is 17.2 Å². The molecule has 1 amide bonds. The van der Waals surface area contributed by atoms with Gasteiger partial charge >= 0.3 is 5.69 Å². The lowest BCUT2D eigenvalue weighted by Gasteiger charge is -2.10. The van der Waals surface area contributed by atoms with E-state index in [-0.39, 0.29) is 42.6 Å². The minimum absolute atomic E-state index is 0.0725. The minimum atomic E-state index is -0.733. The maximum Gasteiger partial charge on any atom is 0.332 e. The standard InChI is InChI=1S/C15H9Cl4N5O3/c1-23-12-6(14(26)24(2)15(23)27)3-5(4-20-12)21-13(25)10-8(17)7(16)9(18)11(19)22-10/h3-4H,1-2H3,(H,21,25). The Hall–Kier alpha value is -2.13. The SMILES string of the molecule is Cn1c(=O)c2cc(NC(=O)c3nc(Cl)c(Cl)c(Cl)c3Cl)cnc2n(C)c1=O. The van der Waals surface area contributed by atoms with E-state index in [9.17, 15) is 14.4 Å². The molecule has 0 aliphatic heterocycles. The molecule has 0 unspecified atom stereocenters. The molecule has 0 aliphatic rings. The molecule has 0 aliphatic carbocycles. The minimum Gasteiger partial charge on any atom is -0.319 e. The largest absolute Gasteiger partial charge is 0.332 e. The topological polar surface area (TPSA) is 98.9 Å². The summed E-state index contributed by atoms with van der Waals surface area (Å²) >= 11 is 23.6. The van der Waals surface area contributed by atoms with Gasteiger partial charge in [0.2, 0.25) is 0 Å². The van der Waals surface area contributed by atoms with E-state index in [1.54, 1.807) is 0 Å². The number of aromatic nitrogens is 4. The van der Waals surface area contributed by atoms with Gasteiger partial charge in [-0.15, -0.1) is 0 Å². The van der Waals surface area contributed by atoms with E-state index in [1.807, 2.05) is 0 Å². The lowest BCUT2D eigenvalue weighted by atomic mass is 10.2. The average Bonchev–Trinajstić information content (AvgIpc) is 2.65.